The number of nitrogens with two attached hydrogens (primary N) is 1. The highest BCUT2D eigenvalue weighted by atomic mass is 35.5. The van der Waals surface area contributed by atoms with Crippen LogP contribution in [0.1, 0.15) is 0 Å². The minimum atomic E-state index is -0.478. The topological polar surface area (TPSA) is 58.3 Å². The van der Waals surface area contributed by atoms with Crippen LogP contribution in [0, 0.1) is 5.82 Å². The van der Waals surface area contributed by atoms with Gasteiger partial charge in [-0.05, 0) is 36.5 Å². The van der Waals surface area contributed by atoms with Crippen molar-refractivity contribution in [1.29, 1.82) is 0 Å². The molecule has 1 saturated heterocycles. The Bertz CT molecular complexity index is 1280. The number of hydrogen-bond acceptors (Lipinski definition) is 5. The van der Waals surface area contributed by atoms with Crippen molar-refractivity contribution in [2.75, 3.05) is 37.8 Å². The fourth-order valence-corrected chi connectivity index (χ4v) is 4.28. The van der Waals surface area contributed by atoms with Crippen LogP contribution in [0.25, 0.3) is 32.8 Å². The van der Waals surface area contributed by atoms with Crippen LogP contribution in [-0.2, 0) is 0 Å². The predicted molar refractivity (Wildman–Crippen MR) is 122 cm³/mol. The van der Waals surface area contributed by atoms with Crippen LogP contribution in [0.3, 0.4) is 0 Å². The molecule has 2 heterocycles. The number of hydrogen-bond donors (Lipinski definition) is 1. The molecule has 0 spiro atoms. The fraction of sp³-hybridized carbons (Fsp3) is 0.217. The standard InChI is InChI=1S/C23H21ClFN5/c1-29(2)14-11-30(12-14)23-27-21-17(22(26)28-23)10-18(24)19(20(21)25)16-9-5-7-13-6-3-4-8-15(13)16/h3-10,14H,11-12H2,1-2H3,(H2,26,27,28). The summed E-state index contributed by atoms with van der Waals surface area (Å²) in [4.78, 5) is 13.1. The summed E-state index contributed by atoms with van der Waals surface area (Å²) in [6.45, 7) is 1.56. The number of fused-ring (bicyclic) bond motifs is 2. The van der Waals surface area contributed by atoms with Crippen molar-refractivity contribution in [3.8, 4) is 11.1 Å². The van der Waals surface area contributed by atoms with E-state index >= 15 is 4.39 Å². The number of halogens is 2. The molecule has 1 fully saturated rings. The van der Waals surface area contributed by atoms with E-state index in [9.17, 15) is 0 Å². The lowest BCUT2D eigenvalue weighted by Gasteiger charge is -2.42. The van der Waals surface area contributed by atoms with Crippen LogP contribution in [-0.4, -0.2) is 48.1 Å². The van der Waals surface area contributed by atoms with Gasteiger partial charge in [-0.1, -0.05) is 54.1 Å². The van der Waals surface area contributed by atoms with E-state index in [0.717, 1.165) is 29.4 Å². The largest absolute Gasteiger partial charge is 0.383 e. The van der Waals surface area contributed by atoms with Crippen molar-refractivity contribution >= 4 is 45.0 Å². The molecule has 0 unspecified atom stereocenters. The van der Waals surface area contributed by atoms with Crippen molar-refractivity contribution in [2.24, 2.45) is 0 Å². The van der Waals surface area contributed by atoms with Gasteiger partial charge in [0, 0.05) is 30.1 Å². The van der Waals surface area contributed by atoms with Crippen LogP contribution in [0.15, 0.2) is 48.5 Å². The predicted octanol–water partition coefficient (Wildman–Crippen LogP) is 4.57. The highest BCUT2D eigenvalue weighted by Gasteiger charge is 2.31. The molecule has 7 heteroatoms. The Labute approximate surface area is 178 Å². The first-order valence-electron chi connectivity index (χ1n) is 9.78. The number of aromatic nitrogens is 2. The molecule has 0 aliphatic carbocycles. The second-order valence-corrected chi connectivity index (χ2v) is 8.31. The molecule has 0 radical (unpaired) electrons. The van der Waals surface area contributed by atoms with E-state index in [1.807, 2.05) is 61.5 Å². The average Bonchev–Trinajstić information content (AvgIpc) is 2.68. The van der Waals surface area contributed by atoms with Crippen LogP contribution in [0.4, 0.5) is 16.2 Å². The van der Waals surface area contributed by atoms with Crippen molar-refractivity contribution < 1.29 is 4.39 Å². The Kier molecular flexibility index (Phi) is 4.49. The Morgan fingerprint density at radius 3 is 2.57 bits per heavy atom. The van der Waals surface area contributed by atoms with E-state index < -0.39 is 5.82 Å². The summed E-state index contributed by atoms with van der Waals surface area (Å²) in [5, 5.41) is 2.66. The van der Waals surface area contributed by atoms with Gasteiger partial charge in [0.2, 0.25) is 5.95 Å². The molecule has 5 rings (SSSR count). The molecule has 2 N–H and O–H groups in total. The molecule has 1 aliphatic heterocycles. The maximum absolute atomic E-state index is 15.8. The smallest absolute Gasteiger partial charge is 0.228 e. The first kappa shape index (κ1) is 19.0. The van der Waals surface area contributed by atoms with Crippen LogP contribution in [0.5, 0.6) is 0 Å². The number of nitrogens with zero attached hydrogens (tertiary/aromatic N) is 4. The third-order valence-electron chi connectivity index (χ3n) is 5.83. The molecule has 0 amide bonds. The van der Waals surface area contributed by atoms with Gasteiger partial charge in [0.25, 0.3) is 0 Å². The van der Waals surface area contributed by atoms with Gasteiger partial charge >= 0.3 is 0 Å². The number of benzene rings is 3. The summed E-state index contributed by atoms with van der Waals surface area (Å²) in [7, 11) is 4.07. The van der Waals surface area contributed by atoms with Gasteiger partial charge in [-0.2, -0.15) is 4.98 Å². The van der Waals surface area contributed by atoms with Crippen LogP contribution in [0.2, 0.25) is 5.02 Å². The highest BCUT2D eigenvalue weighted by molar-refractivity contribution is 6.35. The second kappa shape index (κ2) is 7.07. The molecule has 3 aromatic carbocycles. The summed E-state index contributed by atoms with van der Waals surface area (Å²) in [5.41, 5.74) is 7.43. The van der Waals surface area contributed by atoms with Crippen molar-refractivity contribution in [2.45, 2.75) is 6.04 Å². The molecular formula is C23H21ClFN5. The highest BCUT2D eigenvalue weighted by Crippen LogP contribution is 2.40. The van der Waals surface area contributed by atoms with Crippen molar-refractivity contribution in [3.63, 3.8) is 0 Å². The lowest BCUT2D eigenvalue weighted by Crippen LogP contribution is -2.58. The lowest BCUT2D eigenvalue weighted by atomic mass is 9.96. The zero-order valence-electron chi connectivity index (χ0n) is 16.7. The fourth-order valence-electron chi connectivity index (χ4n) is 3.98. The van der Waals surface area contributed by atoms with Gasteiger partial charge in [-0.15, -0.1) is 0 Å². The molecule has 5 nitrogen and oxygen atoms in total. The summed E-state index contributed by atoms with van der Waals surface area (Å²) in [6.07, 6.45) is 0. The third kappa shape index (κ3) is 2.95. The molecule has 4 aromatic rings. The van der Waals surface area contributed by atoms with E-state index in [-0.39, 0.29) is 16.4 Å². The monoisotopic (exact) mass is 421 g/mol. The lowest BCUT2D eigenvalue weighted by molar-refractivity contribution is 0.245. The van der Waals surface area contributed by atoms with Crippen molar-refractivity contribution in [1.82, 2.24) is 14.9 Å². The van der Waals surface area contributed by atoms with E-state index in [1.165, 1.54) is 0 Å². The van der Waals surface area contributed by atoms with E-state index in [1.54, 1.807) is 6.07 Å². The SMILES string of the molecule is CN(C)C1CN(c2nc(N)c3cc(Cl)c(-c4cccc5ccccc45)c(F)c3n2)C1. The first-order chi connectivity index (χ1) is 14.4. The third-order valence-corrected chi connectivity index (χ3v) is 6.13. The second-order valence-electron chi connectivity index (χ2n) is 7.90. The molecule has 152 valence electrons. The maximum atomic E-state index is 15.8. The quantitative estimate of drug-likeness (QED) is 0.525. The number of rotatable bonds is 3. The Morgan fingerprint density at radius 2 is 1.80 bits per heavy atom. The van der Waals surface area contributed by atoms with Crippen LogP contribution < -0.4 is 10.6 Å². The number of nitrogen functional groups attached to an aromatic ring is 1. The van der Waals surface area contributed by atoms with Crippen LogP contribution >= 0.6 is 11.6 Å². The van der Waals surface area contributed by atoms with Crippen molar-refractivity contribution in [3.05, 3.63) is 59.4 Å². The summed E-state index contributed by atoms with van der Waals surface area (Å²) in [5.74, 6) is 0.200. The number of anilines is 2. The van der Waals surface area contributed by atoms with E-state index in [4.69, 9.17) is 17.3 Å². The summed E-state index contributed by atoms with van der Waals surface area (Å²) < 4.78 is 15.8. The first-order valence-corrected chi connectivity index (χ1v) is 10.2. The molecule has 1 aliphatic rings. The molecule has 30 heavy (non-hydrogen) atoms. The van der Waals surface area contributed by atoms with Gasteiger partial charge in [-0.3, -0.25) is 0 Å². The Hall–Kier alpha value is -2.96. The zero-order chi connectivity index (χ0) is 21.0. The molecule has 0 bridgehead atoms. The molecule has 1 aromatic heterocycles. The normalized spacial score (nSPS) is 14.6. The van der Waals surface area contributed by atoms with Gasteiger partial charge in [0.05, 0.1) is 5.02 Å². The van der Waals surface area contributed by atoms with Gasteiger partial charge in [0.15, 0.2) is 5.82 Å². The summed E-state index contributed by atoms with van der Waals surface area (Å²) >= 11 is 6.54. The van der Waals surface area contributed by atoms with Gasteiger partial charge in [0.1, 0.15) is 11.3 Å². The van der Waals surface area contributed by atoms with Gasteiger partial charge < -0.3 is 15.5 Å². The van der Waals surface area contributed by atoms with E-state index in [0.29, 0.717) is 22.9 Å². The average molecular weight is 422 g/mol. The summed E-state index contributed by atoms with van der Waals surface area (Å²) in [6, 6.07) is 15.7. The molecule has 0 atom stereocenters. The zero-order valence-corrected chi connectivity index (χ0v) is 17.5. The van der Waals surface area contributed by atoms with Gasteiger partial charge in [-0.25, -0.2) is 9.37 Å². The Morgan fingerprint density at radius 1 is 1.07 bits per heavy atom. The maximum Gasteiger partial charge on any atom is 0.228 e. The minimum Gasteiger partial charge on any atom is -0.383 e. The van der Waals surface area contributed by atoms with E-state index in [2.05, 4.69) is 14.9 Å². The molecular weight excluding hydrogens is 401 g/mol. The number of likely N-dealkylation sites (N-methyl/N-ethyl adjacent to an activating group) is 1. The Balaban J connectivity index is 1.69. The molecule has 0 saturated carbocycles. The minimum absolute atomic E-state index is 0.193.